The van der Waals surface area contributed by atoms with Gasteiger partial charge in [-0.1, -0.05) is 18.2 Å². The number of hydrogen-bond donors (Lipinski definition) is 1. The maximum atomic E-state index is 12.9. The van der Waals surface area contributed by atoms with Gasteiger partial charge in [-0.15, -0.1) is 0 Å². The number of ether oxygens (including phenoxy) is 2. The van der Waals surface area contributed by atoms with Gasteiger partial charge in [0, 0.05) is 37.5 Å². The molecule has 0 fully saturated rings. The molecule has 2 heterocycles. The summed E-state index contributed by atoms with van der Waals surface area (Å²) in [6.07, 6.45) is 2.43. The molecule has 6 nitrogen and oxygen atoms in total. The molecule has 0 aliphatic rings. The molecule has 0 spiro atoms. The molecule has 0 saturated heterocycles. The highest BCUT2D eigenvalue weighted by Gasteiger charge is 2.24. The van der Waals surface area contributed by atoms with E-state index in [2.05, 4.69) is 5.32 Å². The molecule has 0 saturated carbocycles. The molecule has 1 aromatic carbocycles. The van der Waals surface area contributed by atoms with Crippen molar-refractivity contribution in [2.45, 2.75) is 6.42 Å². The van der Waals surface area contributed by atoms with Crippen molar-refractivity contribution >= 4 is 17.2 Å². The SMILES string of the molecule is COCCCNC(=O)C(=O)c1c(-c2ccc(OC)cc2)cc2ccccn12. The van der Waals surface area contributed by atoms with Crippen molar-refractivity contribution in [2.24, 2.45) is 0 Å². The Morgan fingerprint density at radius 1 is 1.07 bits per heavy atom. The number of amides is 1. The van der Waals surface area contributed by atoms with Crippen LogP contribution in [-0.4, -0.2) is 43.5 Å². The van der Waals surface area contributed by atoms with Gasteiger partial charge in [0.05, 0.1) is 7.11 Å². The first-order valence-electron chi connectivity index (χ1n) is 8.71. The van der Waals surface area contributed by atoms with Crippen LogP contribution in [0.1, 0.15) is 16.9 Å². The van der Waals surface area contributed by atoms with Gasteiger partial charge in [-0.3, -0.25) is 9.59 Å². The Labute approximate surface area is 157 Å². The Morgan fingerprint density at radius 2 is 1.85 bits per heavy atom. The maximum absolute atomic E-state index is 12.9. The van der Waals surface area contributed by atoms with Crippen molar-refractivity contribution in [3.8, 4) is 16.9 Å². The summed E-state index contributed by atoms with van der Waals surface area (Å²) in [4.78, 5) is 25.3. The minimum atomic E-state index is -0.621. The smallest absolute Gasteiger partial charge is 0.294 e. The van der Waals surface area contributed by atoms with Gasteiger partial charge >= 0.3 is 0 Å². The lowest BCUT2D eigenvalue weighted by Gasteiger charge is -2.08. The predicted octanol–water partition coefficient (Wildman–Crippen LogP) is 2.95. The van der Waals surface area contributed by atoms with E-state index in [1.807, 2.05) is 48.5 Å². The van der Waals surface area contributed by atoms with Crippen LogP contribution < -0.4 is 10.1 Å². The Bertz CT molecular complexity index is 944. The predicted molar refractivity (Wildman–Crippen MR) is 103 cm³/mol. The average Bonchev–Trinajstić information content (AvgIpc) is 3.10. The quantitative estimate of drug-likeness (QED) is 0.378. The van der Waals surface area contributed by atoms with E-state index in [-0.39, 0.29) is 0 Å². The lowest BCUT2D eigenvalue weighted by atomic mass is 10.0. The van der Waals surface area contributed by atoms with E-state index >= 15 is 0 Å². The van der Waals surface area contributed by atoms with Crippen LogP contribution in [0.3, 0.4) is 0 Å². The highest BCUT2D eigenvalue weighted by molar-refractivity contribution is 6.43. The van der Waals surface area contributed by atoms with Crippen molar-refractivity contribution in [1.29, 1.82) is 0 Å². The largest absolute Gasteiger partial charge is 0.497 e. The molecule has 1 N–H and O–H groups in total. The van der Waals surface area contributed by atoms with Gasteiger partial charge in [-0.2, -0.15) is 0 Å². The minimum Gasteiger partial charge on any atom is -0.497 e. The molecule has 0 bridgehead atoms. The fourth-order valence-electron chi connectivity index (χ4n) is 2.95. The van der Waals surface area contributed by atoms with Crippen LogP contribution in [0.2, 0.25) is 0 Å². The van der Waals surface area contributed by atoms with E-state index in [9.17, 15) is 9.59 Å². The summed E-state index contributed by atoms with van der Waals surface area (Å²) in [6, 6.07) is 15.0. The number of hydrogen-bond acceptors (Lipinski definition) is 4. The molecule has 0 atom stereocenters. The monoisotopic (exact) mass is 366 g/mol. The molecular weight excluding hydrogens is 344 g/mol. The Balaban J connectivity index is 1.97. The number of pyridine rings is 1. The second-order valence-electron chi connectivity index (χ2n) is 6.06. The summed E-state index contributed by atoms with van der Waals surface area (Å²) >= 11 is 0. The normalized spacial score (nSPS) is 10.7. The third-order valence-corrected chi connectivity index (χ3v) is 4.31. The number of fused-ring (bicyclic) bond motifs is 1. The van der Waals surface area contributed by atoms with Gasteiger partial charge in [-0.05, 0) is 42.3 Å². The lowest BCUT2D eigenvalue weighted by molar-refractivity contribution is -0.117. The zero-order valence-corrected chi connectivity index (χ0v) is 15.4. The van der Waals surface area contributed by atoms with Crippen LogP contribution in [0.5, 0.6) is 5.75 Å². The van der Waals surface area contributed by atoms with Gasteiger partial charge in [0.1, 0.15) is 11.4 Å². The molecule has 2 aromatic heterocycles. The van der Waals surface area contributed by atoms with Crippen molar-refractivity contribution in [3.05, 3.63) is 60.4 Å². The zero-order valence-electron chi connectivity index (χ0n) is 15.4. The fourth-order valence-corrected chi connectivity index (χ4v) is 2.95. The van der Waals surface area contributed by atoms with Crippen LogP contribution >= 0.6 is 0 Å². The van der Waals surface area contributed by atoms with Crippen molar-refractivity contribution in [3.63, 3.8) is 0 Å². The van der Waals surface area contributed by atoms with Gasteiger partial charge in [0.2, 0.25) is 0 Å². The number of nitrogens with zero attached hydrogens (tertiary/aromatic N) is 1. The van der Waals surface area contributed by atoms with Crippen molar-refractivity contribution in [1.82, 2.24) is 9.72 Å². The van der Waals surface area contributed by atoms with Crippen LogP contribution in [0.15, 0.2) is 54.7 Å². The summed E-state index contributed by atoms with van der Waals surface area (Å²) < 4.78 is 11.9. The van der Waals surface area contributed by atoms with E-state index in [4.69, 9.17) is 9.47 Å². The summed E-state index contributed by atoms with van der Waals surface area (Å²) in [5.74, 6) is -0.458. The van der Waals surface area contributed by atoms with E-state index in [0.717, 1.165) is 16.8 Å². The number of ketones is 1. The number of carbonyl (C=O) groups excluding carboxylic acids is 2. The molecule has 140 valence electrons. The highest BCUT2D eigenvalue weighted by Crippen LogP contribution is 2.29. The van der Waals surface area contributed by atoms with Crippen molar-refractivity contribution in [2.75, 3.05) is 27.4 Å². The average molecular weight is 366 g/mol. The highest BCUT2D eigenvalue weighted by atomic mass is 16.5. The number of benzene rings is 1. The molecule has 0 aliphatic heterocycles. The van der Waals surface area contributed by atoms with Gasteiger partial charge in [-0.25, -0.2) is 0 Å². The van der Waals surface area contributed by atoms with E-state index in [1.165, 1.54) is 0 Å². The van der Waals surface area contributed by atoms with E-state index in [0.29, 0.717) is 30.8 Å². The maximum Gasteiger partial charge on any atom is 0.294 e. The molecule has 0 unspecified atom stereocenters. The molecule has 0 aliphatic carbocycles. The topological polar surface area (TPSA) is 69.0 Å². The zero-order chi connectivity index (χ0) is 19.2. The van der Waals surface area contributed by atoms with Gasteiger partial charge in [0.25, 0.3) is 11.7 Å². The summed E-state index contributed by atoms with van der Waals surface area (Å²) in [6.45, 7) is 0.916. The molecule has 3 rings (SSSR count). The Morgan fingerprint density at radius 3 is 2.56 bits per heavy atom. The summed E-state index contributed by atoms with van der Waals surface area (Å²) in [7, 11) is 3.20. The molecular formula is C21H22N2O4. The fraction of sp³-hybridized carbons (Fsp3) is 0.238. The first-order valence-corrected chi connectivity index (χ1v) is 8.71. The van der Waals surface area contributed by atoms with Crippen LogP contribution in [0.4, 0.5) is 0 Å². The third-order valence-electron chi connectivity index (χ3n) is 4.31. The number of carbonyl (C=O) groups is 2. The van der Waals surface area contributed by atoms with Crippen molar-refractivity contribution < 1.29 is 19.1 Å². The summed E-state index contributed by atoms with van der Waals surface area (Å²) in [5, 5.41) is 2.67. The summed E-state index contributed by atoms with van der Waals surface area (Å²) in [5.41, 5.74) is 2.75. The van der Waals surface area contributed by atoms with E-state index < -0.39 is 11.7 Å². The lowest BCUT2D eigenvalue weighted by Crippen LogP contribution is -2.33. The second kappa shape index (κ2) is 8.51. The minimum absolute atomic E-state index is 0.347. The number of Topliss-reactive ketones (excluding diaryl/α,β-unsaturated/α-hetero) is 1. The number of aromatic nitrogens is 1. The Kier molecular flexibility index (Phi) is 5.88. The second-order valence-corrected chi connectivity index (χ2v) is 6.06. The molecule has 27 heavy (non-hydrogen) atoms. The molecule has 0 radical (unpaired) electrons. The van der Waals surface area contributed by atoms with Gasteiger partial charge < -0.3 is 19.2 Å². The van der Waals surface area contributed by atoms with Crippen LogP contribution in [0.25, 0.3) is 16.6 Å². The number of rotatable bonds is 8. The Hall–Kier alpha value is -3.12. The standard InChI is InChI=1S/C21H22N2O4/c1-26-13-5-11-22-21(25)20(24)19-18(14-16-6-3-4-12-23(16)19)15-7-9-17(27-2)10-8-15/h3-4,6-10,12,14H,5,11,13H2,1-2H3,(H,22,25). The van der Waals surface area contributed by atoms with Crippen LogP contribution in [-0.2, 0) is 9.53 Å². The first-order chi connectivity index (χ1) is 13.2. The molecule has 3 aromatic rings. The molecule has 1 amide bonds. The van der Waals surface area contributed by atoms with E-state index in [1.54, 1.807) is 24.8 Å². The number of nitrogens with one attached hydrogen (secondary N) is 1. The number of methoxy groups -OCH3 is 2. The first kappa shape index (κ1) is 18.7. The molecule has 6 heteroatoms. The van der Waals surface area contributed by atoms with Crippen LogP contribution in [0, 0.1) is 0 Å². The third kappa shape index (κ3) is 4.01. The van der Waals surface area contributed by atoms with Gasteiger partial charge in [0.15, 0.2) is 0 Å².